The van der Waals surface area contributed by atoms with Gasteiger partial charge in [0.05, 0.1) is 0 Å². The second-order valence-electron chi connectivity index (χ2n) is 3.56. The van der Waals surface area contributed by atoms with Gasteiger partial charge in [-0.05, 0) is 13.8 Å². The van der Waals surface area contributed by atoms with Gasteiger partial charge >= 0.3 is 5.97 Å². The van der Waals surface area contributed by atoms with Crippen LogP contribution < -0.4 is 0 Å². The minimum Gasteiger partial charge on any atom is -0.480 e. The molecule has 0 aromatic heterocycles. The first-order chi connectivity index (χ1) is 6.87. The molecule has 0 bridgehead atoms. The summed E-state index contributed by atoms with van der Waals surface area (Å²) in [6.07, 6.45) is 0. The molecule has 0 aliphatic carbocycles. The molecular weight excluding hydrogens is 238 g/mol. The van der Waals surface area contributed by atoms with Gasteiger partial charge in [-0.2, -0.15) is 16.1 Å². The monoisotopic (exact) mass is 253 g/mol. The molecule has 1 aliphatic heterocycles. The molecule has 2 unspecified atom stereocenters. The van der Waals surface area contributed by atoms with Crippen molar-refractivity contribution in [1.29, 1.82) is 0 Å². The van der Waals surface area contributed by atoms with Crippen LogP contribution in [0.4, 0.5) is 0 Å². The summed E-state index contributed by atoms with van der Waals surface area (Å²) < 4.78 is 25.1. The van der Waals surface area contributed by atoms with E-state index in [0.717, 1.165) is 11.5 Å². The van der Waals surface area contributed by atoms with E-state index in [1.807, 2.05) is 0 Å². The maximum absolute atomic E-state index is 11.9. The molecule has 0 amide bonds. The lowest BCUT2D eigenvalue weighted by atomic mass is 10.4. The maximum atomic E-state index is 11.9. The van der Waals surface area contributed by atoms with Crippen LogP contribution in [0, 0.1) is 0 Å². The van der Waals surface area contributed by atoms with E-state index in [1.165, 1.54) is 11.2 Å². The van der Waals surface area contributed by atoms with Crippen LogP contribution in [0.2, 0.25) is 0 Å². The molecule has 2 atom stereocenters. The van der Waals surface area contributed by atoms with Crippen LogP contribution in [0.25, 0.3) is 0 Å². The lowest BCUT2D eigenvalue weighted by molar-refractivity contribution is -0.136. The zero-order valence-electron chi connectivity index (χ0n) is 8.71. The van der Waals surface area contributed by atoms with Crippen molar-refractivity contribution in [2.45, 2.75) is 25.1 Å². The summed E-state index contributed by atoms with van der Waals surface area (Å²) in [6.45, 7) is 3.43. The average molecular weight is 253 g/mol. The number of carboxylic acid groups (broad SMARTS) is 1. The molecule has 0 aromatic rings. The Hall–Kier alpha value is -0.270. The Morgan fingerprint density at radius 1 is 1.60 bits per heavy atom. The third-order valence-electron chi connectivity index (χ3n) is 2.43. The van der Waals surface area contributed by atoms with Gasteiger partial charge < -0.3 is 5.11 Å². The molecule has 1 rings (SSSR count). The highest BCUT2D eigenvalue weighted by Gasteiger charge is 2.37. The third kappa shape index (κ3) is 2.64. The topological polar surface area (TPSA) is 74.7 Å². The van der Waals surface area contributed by atoms with E-state index in [4.69, 9.17) is 5.11 Å². The van der Waals surface area contributed by atoms with Gasteiger partial charge in [0.15, 0.2) is 5.25 Å². The van der Waals surface area contributed by atoms with E-state index in [0.29, 0.717) is 6.54 Å². The summed E-state index contributed by atoms with van der Waals surface area (Å²) in [4.78, 5) is 10.7. The maximum Gasteiger partial charge on any atom is 0.323 e. The molecule has 1 heterocycles. The van der Waals surface area contributed by atoms with E-state index >= 15 is 0 Å². The van der Waals surface area contributed by atoms with Crippen molar-refractivity contribution in [2.24, 2.45) is 0 Å². The molecule has 1 aliphatic rings. The fourth-order valence-electron chi connectivity index (χ4n) is 1.42. The predicted molar refractivity (Wildman–Crippen MR) is 59.5 cm³/mol. The highest BCUT2D eigenvalue weighted by Crippen LogP contribution is 2.21. The number of hydrogen-bond acceptors (Lipinski definition) is 4. The van der Waals surface area contributed by atoms with Crippen molar-refractivity contribution in [1.82, 2.24) is 4.31 Å². The SMILES string of the molecule is CC1CSCCN1S(=O)(=O)C(C)C(=O)O. The van der Waals surface area contributed by atoms with Crippen molar-refractivity contribution in [3.05, 3.63) is 0 Å². The Labute approximate surface area is 93.9 Å². The Kier molecular flexibility index (Phi) is 4.02. The molecule has 1 fully saturated rings. The minimum atomic E-state index is -3.69. The summed E-state index contributed by atoms with van der Waals surface area (Å²) in [5.41, 5.74) is 0. The van der Waals surface area contributed by atoms with Crippen LogP contribution in [0.3, 0.4) is 0 Å². The smallest absolute Gasteiger partial charge is 0.323 e. The van der Waals surface area contributed by atoms with Crippen molar-refractivity contribution < 1.29 is 18.3 Å². The van der Waals surface area contributed by atoms with Gasteiger partial charge in [0.1, 0.15) is 0 Å². The molecule has 88 valence electrons. The van der Waals surface area contributed by atoms with Crippen LogP contribution in [0.1, 0.15) is 13.8 Å². The molecule has 0 aromatic carbocycles. The Morgan fingerprint density at radius 2 is 2.20 bits per heavy atom. The first-order valence-corrected chi connectivity index (χ1v) is 7.34. The van der Waals surface area contributed by atoms with Gasteiger partial charge in [-0.3, -0.25) is 4.79 Å². The minimum absolute atomic E-state index is 0.115. The average Bonchev–Trinajstić information content (AvgIpc) is 2.16. The largest absolute Gasteiger partial charge is 0.480 e. The van der Waals surface area contributed by atoms with Crippen molar-refractivity contribution in [2.75, 3.05) is 18.1 Å². The Bertz CT molecular complexity index is 341. The lowest BCUT2D eigenvalue weighted by Gasteiger charge is -2.33. The molecule has 15 heavy (non-hydrogen) atoms. The Balaban J connectivity index is 2.89. The van der Waals surface area contributed by atoms with Crippen LogP contribution in [0.5, 0.6) is 0 Å². The molecular formula is C8H15NO4S2. The second-order valence-corrected chi connectivity index (χ2v) is 6.92. The molecule has 1 N–H and O–H groups in total. The molecule has 5 nitrogen and oxygen atoms in total. The first kappa shape index (κ1) is 12.8. The van der Waals surface area contributed by atoms with Gasteiger partial charge in [-0.1, -0.05) is 0 Å². The standard InChI is InChI=1S/C8H15NO4S2/c1-6-5-14-4-3-9(6)15(12,13)7(2)8(10)11/h6-7H,3-5H2,1-2H3,(H,10,11). The Morgan fingerprint density at radius 3 is 2.67 bits per heavy atom. The van der Waals surface area contributed by atoms with Gasteiger partial charge in [0.25, 0.3) is 0 Å². The number of rotatable bonds is 3. The van der Waals surface area contributed by atoms with E-state index < -0.39 is 21.2 Å². The normalized spacial score (nSPS) is 26.1. The van der Waals surface area contributed by atoms with Gasteiger partial charge in [-0.25, -0.2) is 8.42 Å². The number of thioether (sulfide) groups is 1. The van der Waals surface area contributed by atoms with E-state index in [1.54, 1.807) is 18.7 Å². The highest BCUT2D eigenvalue weighted by atomic mass is 32.2. The van der Waals surface area contributed by atoms with Crippen LogP contribution in [-0.4, -0.2) is 53.1 Å². The van der Waals surface area contributed by atoms with Crippen molar-refractivity contribution >= 4 is 27.8 Å². The number of carboxylic acids is 1. The molecule has 1 saturated heterocycles. The summed E-state index contributed by atoms with van der Waals surface area (Å²) in [5.74, 6) is 0.169. The quantitative estimate of drug-likeness (QED) is 0.779. The van der Waals surface area contributed by atoms with E-state index in [-0.39, 0.29) is 6.04 Å². The summed E-state index contributed by atoms with van der Waals surface area (Å²) >= 11 is 1.69. The fraction of sp³-hybridized carbons (Fsp3) is 0.875. The number of nitrogens with zero attached hydrogens (tertiary/aromatic N) is 1. The van der Waals surface area contributed by atoms with E-state index in [2.05, 4.69) is 0 Å². The van der Waals surface area contributed by atoms with Crippen LogP contribution in [0.15, 0.2) is 0 Å². The van der Waals surface area contributed by atoms with E-state index in [9.17, 15) is 13.2 Å². The van der Waals surface area contributed by atoms with Crippen molar-refractivity contribution in [3.63, 3.8) is 0 Å². The summed E-state index contributed by atoms with van der Waals surface area (Å²) in [6, 6.07) is -0.115. The van der Waals surface area contributed by atoms with Crippen LogP contribution >= 0.6 is 11.8 Å². The zero-order chi connectivity index (χ0) is 11.6. The number of aliphatic carboxylic acids is 1. The lowest BCUT2D eigenvalue weighted by Crippen LogP contribution is -2.49. The molecule has 0 radical (unpaired) electrons. The van der Waals surface area contributed by atoms with Gasteiger partial charge in [0.2, 0.25) is 10.0 Å². The highest BCUT2D eigenvalue weighted by molar-refractivity contribution is 7.99. The van der Waals surface area contributed by atoms with Gasteiger partial charge in [-0.15, -0.1) is 0 Å². The molecule has 7 heteroatoms. The zero-order valence-corrected chi connectivity index (χ0v) is 10.3. The summed E-state index contributed by atoms with van der Waals surface area (Å²) in [5, 5.41) is 7.37. The predicted octanol–water partition coefficient (Wildman–Crippen LogP) is 0.227. The number of carbonyl (C=O) groups is 1. The molecule has 0 saturated carbocycles. The fourth-order valence-corrected chi connectivity index (χ4v) is 4.23. The summed E-state index contributed by atoms with van der Waals surface area (Å²) in [7, 11) is -3.69. The third-order valence-corrected chi connectivity index (χ3v) is 5.91. The number of sulfonamides is 1. The first-order valence-electron chi connectivity index (χ1n) is 4.68. The molecule has 0 spiro atoms. The van der Waals surface area contributed by atoms with Crippen molar-refractivity contribution in [3.8, 4) is 0 Å². The van der Waals surface area contributed by atoms with Gasteiger partial charge in [0, 0.05) is 24.1 Å². The second kappa shape index (κ2) is 4.71. The van der Waals surface area contributed by atoms with Crippen LogP contribution in [-0.2, 0) is 14.8 Å². The number of hydrogen-bond donors (Lipinski definition) is 1.